The average Bonchev–Trinajstić information content (AvgIpc) is 2.41. The van der Waals surface area contributed by atoms with E-state index in [1.54, 1.807) is 0 Å². The van der Waals surface area contributed by atoms with Crippen LogP contribution in [0, 0.1) is 6.92 Å². The lowest BCUT2D eigenvalue weighted by Gasteiger charge is -2.22. The molecular formula is C16H18BrN. The first-order valence-corrected chi connectivity index (χ1v) is 7.23. The number of nitrogens with zero attached hydrogens (tertiary/aromatic N) is 1. The minimum Gasteiger partial charge on any atom is -0.370 e. The molecule has 2 heteroatoms. The van der Waals surface area contributed by atoms with Gasteiger partial charge in [0.1, 0.15) is 0 Å². The molecule has 18 heavy (non-hydrogen) atoms. The van der Waals surface area contributed by atoms with Crippen LogP contribution in [0.3, 0.4) is 0 Å². The molecule has 0 atom stereocenters. The van der Waals surface area contributed by atoms with Crippen molar-refractivity contribution >= 4 is 21.6 Å². The van der Waals surface area contributed by atoms with Gasteiger partial charge in [0.05, 0.1) is 0 Å². The van der Waals surface area contributed by atoms with E-state index in [0.717, 1.165) is 11.9 Å². The number of aryl methyl sites for hydroxylation is 1. The maximum Gasteiger partial charge on any atom is 0.0426 e. The van der Waals surface area contributed by atoms with Crippen LogP contribution in [0.4, 0.5) is 5.69 Å². The van der Waals surface area contributed by atoms with Crippen LogP contribution in [0.2, 0.25) is 0 Å². The molecule has 94 valence electrons. The summed E-state index contributed by atoms with van der Waals surface area (Å²) in [5.74, 6) is 0. The number of alkyl halides is 1. The molecule has 0 aromatic heterocycles. The van der Waals surface area contributed by atoms with Gasteiger partial charge in [0.15, 0.2) is 0 Å². The summed E-state index contributed by atoms with van der Waals surface area (Å²) in [5.41, 5.74) is 5.26. The molecule has 0 aliphatic heterocycles. The van der Waals surface area contributed by atoms with Crippen molar-refractivity contribution in [1.82, 2.24) is 0 Å². The Balaban J connectivity index is 2.16. The number of hydrogen-bond acceptors (Lipinski definition) is 1. The van der Waals surface area contributed by atoms with Gasteiger partial charge in [-0.3, -0.25) is 0 Å². The monoisotopic (exact) mass is 303 g/mol. The van der Waals surface area contributed by atoms with Crippen LogP contribution >= 0.6 is 15.9 Å². The summed E-state index contributed by atoms with van der Waals surface area (Å²) in [6, 6.07) is 17.2. The Bertz CT molecular complexity index is 505. The molecule has 2 rings (SSSR count). The van der Waals surface area contributed by atoms with Gasteiger partial charge < -0.3 is 4.90 Å². The Hall–Kier alpha value is -1.28. The van der Waals surface area contributed by atoms with Crippen molar-refractivity contribution in [3.63, 3.8) is 0 Å². The second kappa shape index (κ2) is 6.05. The Morgan fingerprint density at radius 2 is 1.67 bits per heavy atom. The fourth-order valence-electron chi connectivity index (χ4n) is 2.05. The van der Waals surface area contributed by atoms with E-state index in [0.29, 0.717) is 0 Å². The van der Waals surface area contributed by atoms with Crippen LogP contribution in [0.5, 0.6) is 0 Å². The largest absolute Gasteiger partial charge is 0.370 e. The minimum absolute atomic E-state index is 0.890. The van der Waals surface area contributed by atoms with Gasteiger partial charge in [0.25, 0.3) is 0 Å². The Labute approximate surface area is 118 Å². The molecule has 0 bridgehead atoms. The molecule has 2 aromatic rings. The van der Waals surface area contributed by atoms with Gasteiger partial charge in [-0.05, 0) is 24.1 Å². The van der Waals surface area contributed by atoms with Crippen molar-refractivity contribution < 1.29 is 0 Å². The van der Waals surface area contributed by atoms with E-state index in [-0.39, 0.29) is 0 Å². The first kappa shape index (κ1) is 13.2. The van der Waals surface area contributed by atoms with Gasteiger partial charge in [-0.1, -0.05) is 64.0 Å². The number of para-hydroxylation sites is 1. The topological polar surface area (TPSA) is 3.24 Å². The lowest BCUT2D eigenvalue weighted by molar-refractivity contribution is 0.916. The van der Waals surface area contributed by atoms with Crippen LogP contribution in [0.25, 0.3) is 0 Å². The summed E-state index contributed by atoms with van der Waals surface area (Å²) in [6.45, 7) is 3.05. The normalized spacial score (nSPS) is 10.4. The van der Waals surface area contributed by atoms with Gasteiger partial charge >= 0.3 is 0 Å². The van der Waals surface area contributed by atoms with E-state index < -0.39 is 0 Å². The van der Waals surface area contributed by atoms with E-state index in [4.69, 9.17) is 0 Å². The highest BCUT2D eigenvalue weighted by Gasteiger charge is 2.06. The zero-order chi connectivity index (χ0) is 13.0. The van der Waals surface area contributed by atoms with Crippen molar-refractivity contribution in [2.45, 2.75) is 18.8 Å². The molecule has 0 saturated heterocycles. The molecule has 0 N–H and O–H groups in total. The predicted molar refractivity (Wildman–Crippen MR) is 82.4 cm³/mol. The maximum absolute atomic E-state index is 3.54. The third-order valence-corrected chi connectivity index (χ3v) is 3.69. The van der Waals surface area contributed by atoms with Crippen molar-refractivity contribution in [1.29, 1.82) is 0 Å². The molecule has 0 amide bonds. The molecule has 2 aromatic carbocycles. The zero-order valence-electron chi connectivity index (χ0n) is 10.9. The second-order valence-electron chi connectivity index (χ2n) is 4.60. The first-order chi connectivity index (χ1) is 8.70. The van der Waals surface area contributed by atoms with E-state index >= 15 is 0 Å². The number of anilines is 1. The van der Waals surface area contributed by atoms with Gasteiger partial charge in [-0.15, -0.1) is 0 Å². The summed E-state index contributed by atoms with van der Waals surface area (Å²) < 4.78 is 0. The fraction of sp³-hybridized carbons (Fsp3) is 0.250. The average molecular weight is 304 g/mol. The summed E-state index contributed by atoms with van der Waals surface area (Å²) >= 11 is 3.54. The highest BCUT2D eigenvalue weighted by molar-refractivity contribution is 9.08. The van der Waals surface area contributed by atoms with E-state index in [9.17, 15) is 0 Å². The molecule has 0 unspecified atom stereocenters. The molecule has 0 saturated carbocycles. The van der Waals surface area contributed by atoms with Crippen LogP contribution in [0.15, 0.2) is 48.5 Å². The lowest BCUT2D eigenvalue weighted by Crippen LogP contribution is -2.17. The number of halogens is 1. The van der Waals surface area contributed by atoms with Crippen LogP contribution < -0.4 is 4.90 Å². The standard InChI is InChI=1S/C16H18BrN/c1-13-7-9-14(10-8-13)12-18(2)16-6-4-3-5-15(16)11-17/h3-10H,11-12H2,1-2H3. The number of hydrogen-bond donors (Lipinski definition) is 0. The smallest absolute Gasteiger partial charge is 0.0426 e. The van der Waals surface area contributed by atoms with Crippen molar-refractivity contribution in [3.8, 4) is 0 Å². The Morgan fingerprint density at radius 3 is 2.33 bits per heavy atom. The molecule has 0 heterocycles. The molecule has 0 spiro atoms. The van der Waals surface area contributed by atoms with Gasteiger partial charge in [0, 0.05) is 24.6 Å². The third kappa shape index (κ3) is 3.14. The van der Waals surface area contributed by atoms with E-state index in [2.05, 4.69) is 83.3 Å². The van der Waals surface area contributed by atoms with Gasteiger partial charge in [-0.2, -0.15) is 0 Å². The third-order valence-electron chi connectivity index (χ3n) is 3.09. The minimum atomic E-state index is 0.890. The summed E-state index contributed by atoms with van der Waals surface area (Å²) in [6.07, 6.45) is 0. The van der Waals surface area contributed by atoms with Crippen molar-refractivity contribution in [3.05, 3.63) is 65.2 Å². The maximum atomic E-state index is 3.54. The molecule has 1 nitrogen and oxygen atoms in total. The lowest BCUT2D eigenvalue weighted by atomic mass is 10.1. The highest BCUT2D eigenvalue weighted by Crippen LogP contribution is 2.23. The molecule has 0 aliphatic rings. The summed E-state index contributed by atoms with van der Waals surface area (Å²) in [4.78, 5) is 2.29. The SMILES string of the molecule is Cc1ccc(CN(C)c2ccccc2CBr)cc1. The summed E-state index contributed by atoms with van der Waals surface area (Å²) in [5, 5.41) is 0.890. The molecular weight excluding hydrogens is 286 g/mol. The molecule has 0 fully saturated rings. The Kier molecular flexibility index (Phi) is 4.43. The highest BCUT2D eigenvalue weighted by atomic mass is 79.9. The summed E-state index contributed by atoms with van der Waals surface area (Å²) in [7, 11) is 2.14. The fourth-order valence-corrected chi connectivity index (χ4v) is 2.52. The van der Waals surface area contributed by atoms with E-state index in [1.165, 1.54) is 22.4 Å². The van der Waals surface area contributed by atoms with Gasteiger partial charge in [-0.25, -0.2) is 0 Å². The van der Waals surface area contributed by atoms with Gasteiger partial charge in [0.2, 0.25) is 0 Å². The predicted octanol–water partition coefficient (Wildman–Crippen LogP) is 4.53. The Morgan fingerprint density at radius 1 is 1.00 bits per heavy atom. The number of benzene rings is 2. The number of rotatable bonds is 4. The van der Waals surface area contributed by atoms with Crippen LogP contribution in [-0.2, 0) is 11.9 Å². The van der Waals surface area contributed by atoms with Crippen molar-refractivity contribution in [2.24, 2.45) is 0 Å². The first-order valence-electron chi connectivity index (χ1n) is 6.11. The van der Waals surface area contributed by atoms with Crippen molar-refractivity contribution in [2.75, 3.05) is 11.9 Å². The van der Waals surface area contributed by atoms with E-state index in [1.807, 2.05) is 0 Å². The quantitative estimate of drug-likeness (QED) is 0.750. The van der Waals surface area contributed by atoms with Crippen LogP contribution in [-0.4, -0.2) is 7.05 Å². The molecule has 0 aliphatic carbocycles. The zero-order valence-corrected chi connectivity index (χ0v) is 12.4. The molecule has 0 radical (unpaired) electrons. The second-order valence-corrected chi connectivity index (χ2v) is 5.16. The van der Waals surface area contributed by atoms with Crippen LogP contribution in [0.1, 0.15) is 16.7 Å².